The van der Waals surface area contributed by atoms with Crippen molar-refractivity contribution in [3.63, 3.8) is 0 Å². The summed E-state index contributed by atoms with van der Waals surface area (Å²) < 4.78 is 26.2. The number of amides is 2. The molecule has 1 spiro atoms. The highest BCUT2D eigenvalue weighted by molar-refractivity contribution is 6.30. The first-order valence-corrected chi connectivity index (χ1v) is 14.1. The van der Waals surface area contributed by atoms with Crippen molar-refractivity contribution < 1.29 is 28.2 Å². The van der Waals surface area contributed by atoms with E-state index in [4.69, 9.17) is 21.1 Å². The van der Waals surface area contributed by atoms with Crippen molar-refractivity contribution in [2.45, 2.75) is 44.9 Å². The summed E-state index contributed by atoms with van der Waals surface area (Å²) in [7, 11) is 2.70. The second-order valence-electron chi connectivity index (χ2n) is 12.1. The number of halogens is 2. The Bertz CT molecular complexity index is 1570. The monoisotopic (exact) mass is 593 g/mol. The number of carbonyl (C=O) groups excluding carboxylic acids is 3. The van der Waals surface area contributed by atoms with Crippen molar-refractivity contribution in [3.05, 3.63) is 82.4 Å². The highest BCUT2D eigenvalue weighted by atomic mass is 35.5. The molecule has 1 saturated carbocycles. The van der Waals surface area contributed by atoms with Crippen molar-refractivity contribution in [3.8, 4) is 5.75 Å². The lowest BCUT2D eigenvalue weighted by molar-refractivity contribution is -0.123. The van der Waals surface area contributed by atoms with Gasteiger partial charge in [0.25, 0.3) is 0 Å². The van der Waals surface area contributed by atoms with Gasteiger partial charge in [0.1, 0.15) is 11.6 Å². The lowest BCUT2D eigenvalue weighted by Gasteiger charge is -2.38. The lowest BCUT2D eigenvalue weighted by atomic mass is 9.62. The maximum Gasteiger partial charge on any atom is 0.337 e. The van der Waals surface area contributed by atoms with Crippen LogP contribution < -0.4 is 15.4 Å². The molecule has 1 aromatic heterocycles. The number of fused-ring (bicyclic) bond motifs is 2. The van der Waals surface area contributed by atoms with Crippen molar-refractivity contribution in [1.29, 1.82) is 0 Å². The van der Waals surface area contributed by atoms with Crippen LogP contribution in [0.1, 0.15) is 61.0 Å². The number of carbonyl (C=O) groups is 3. The number of hydrogen-bond acceptors (Lipinski definition) is 6. The zero-order valence-electron chi connectivity index (χ0n) is 24.1. The molecule has 0 bridgehead atoms. The van der Waals surface area contributed by atoms with Crippen LogP contribution in [0.25, 0.3) is 0 Å². The molecule has 1 aliphatic heterocycles. The molecule has 3 aromatic rings. The number of benzene rings is 2. The summed E-state index contributed by atoms with van der Waals surface area (Å²) >= 11 is 6.27. The highest BCUT2D eigenvalue weighted by Crippen LogP contribution is 2.64. The van der Waals surface area contributed by atoms with Crippen LogP contribution in [0, 0.1) is 23.1 Å². The van der Waals surface area contributed by atoms with Gasteiger partial charge >= 0.3 is 5.97 Å². The first-order valence-electron chi connectivity index (χ1n) is 13.7. The highest BCUT2D eigenvalue weighted by Gasteiger charge is 2.66. The molecule has 10 heteroatoms. The molecule has 0 unspecified atom stereocenters. The molecule has 0 radical (unpaired) electrons. The third-order valence-electron chi connectivity index (χ3n) is 8.36. The van der Waals surface area contributed by atoms with Crippen molar-refractivity contribution >= 4 is 40.8 Å². The van der Waals surface area contributed by atoms with E-state index in [0.29, 0.717) is 29.8 Å². The van der Waals surface area contributed by atoms with Crippen LogP contribution in [0.15, 0.2) is 54.9 Å². The standard InChI is InChI=1S/C32H33ClFN3O5/c1-31(2,3)15-18-14-20(28(38)36-24-10-9-17(29(39)42-5)13-25(24)41-4)26(19-7-6-8-22(33)27(19)34)32(18)21-16-35-12-11-23(21)37-30(32)40/h6-13,16,18,20,26H,14-15H2,1-5H3,(H,36,38)(H,37,40)/t18-,20+,26-,32-/m0/s1. The zero-order chi connectivity index (χ0) is 30.4. The van der Waals surface area contributed by atoms with Crippen LogP contribution in [0.5, 0.6) is 5.75 Å². The summed E-state index contributed by atoms with van der Waals surface area (Å²) in [6.45, 7) is 6.23. The van der Waals surface area contributed by atoms with Gasteiger partial charge in [0, 0.05) is 35.5 Å². The average Bonchev–Trinajstić information content (AvgIpc) is 3.44. The molecular formula is C32H33ClFN3O5. The summed E-state index contributed by atoms with van der Waals surface area (Å²) in [4.78, 5) is 44.8. The van der Waals surface area contributed by atoms with Crippen LogP contribution in [0.3, 0.4) is 0 Å². The van der Waals surface area contributed by atoms with E-state index in [-0.39, 0.29) is 39.1 Å². The number of hydrogen-bond donors (Lipinski definition) is 2. The van der Waals surface area contributed by atoms with E-state index in [1.807, 2.05) is 0 Å². The fourth-order valence-electron chi connectivity index (χ4n) is 6.82. The Kier molecular flexibility index (Phi) is 7.74. The molecule has 2 amide bonds. The largest absolute Gasteiger partial charge is 0.495 e. The molecule has 2 aromatic carbocycles. The van der Waals surface area contributed by atoms with Gasteiger partial charge in [-0.2, -0.15) is 0 Å². The Hall–Kier alpha value is -3.98. The summed E-state index contributed by atoms with van der Waals surface area (Å²) in [5, 5.41) is 5.84. The second kappa shape index (κ2) is 11.0. The summed E-state index contributed by atoms with van der Waals surface area (Å²) in [6.07, 6.45) is 4.14. The van der Waals surface area contributed by atoms with Gasteiger partial charge in [0.05, 0.1) is 35.9 Å². The van der Waals surface area contributed by atoms with E-state index < -0.39 is 34.9 Å². The number of ether oxygens (including phenoxy) is 2. The SMILES string of the molecule is COC(=O)c1ccc(NC(=O)[C@@H]2C[C@@H](CC(C)(C)C)[C@@]3(C(=O)Nc4ccncc43)[C@H]2c2cccc(Cl)c2F)c(OC)c1. The van der Waals surface area contributed by atoms with Gasteiger partial charge < -0.3 is 20.1 Å². The van der Waals surface area contributed by atoms with Gasteiger partial charge in [0.15, 0.2) is 0 Å². The van der Waals surface area contributed by atoms with Gasteiger partial charge in [-0.15, -0.1) is 0 Å². The Morgan fingerprint density at radius 1 is 1.19 bits per heavy atom. The predicted octanol–water partition coefficient (Wildman–Crippen LogP) is 6.35. The molecule has 220 valence electrons. The molecule has 1 fully saturated rings. The number of nitrogens with zero attached hydrogens (tertiary/aromatic N) is 1. The summed E-state index contributed by atoms with van der Waals surface area (Å²) in [6, 6.07) is 10.9. The second-order valence-corrected chi connectivity index (χ2v) is 12.5. The van der Waals surface area contributed by atoms with Crippen LogP contribution in [0.2, 0.25) is 5.02 Å². The zero-order valence-corrected chi connectivity index (χ0v) is 24.8. The van der Waals surface area contributed by atoms with Crippen molar-refractivity contribution in [2.24, 2.45) is 17.3 Å². The lowest BCUT2D eigenvalue weighted by Crippen LogP contribution is -2.45. The normalized spacial score (nSPS) is 22.9. The minimum absolute atomic E-state index is 0.0917. The Morgan fingerprint density at radius 3 is 2.64 bits per heavy atom. The maximum absolute atomic E-state index is 15.9. The molecular weight excluding hydrogens is 561 g/mol. The van der Waals surface area contributed by atoms with E-state index in [9.17, 15) is 14.4 Å². The smallest absolute Gasteiger partial charge is 0.337 e. The average molecular weight is 594 g/mol. The Labute approximate surface area is 249 Å². The van der Waals surface area contributed by atoms with Crippen molar-refractivity contribution in [2.75, 3.05) is 24.9 Å². The summed E-state index contributed by atoms with van der Waals surface area (Å²) in [5.41, 5.74) is 0.530. The third-order valence-corrected chi connectivity index (χ3v) is 8.65. The molecule has 1 aliphatic carbocycles. The maximum atomic E-state index is 15.9. The molecule has 2 N–H and O–H groups in total. The van der Waals surface area contributed by atoms with Gasteiger partial charge in [-0.3, -0.25) is 14.6 Å². The van der Waals surface area contributed by atoms with Gasteiger partial charge in [-0.05, 0) is 60.1 Å². The topological polar surface area (TPSA) is 107 Å². The molecule has 2 heterocycles. The van der Waals surface area contributed by atoms with E-state index in [0.717, 1.165) is 0 Å². The number of rotatable bonds is 6. The van der Waals surface area contributed by atoms with Gasteiger partial charge in [-0.1, -0.05) is 44.5 Å². The molecule has 5 rings (SSSR count). The number of aromatic nitrogens is 1. The van der Waals surface area contributed by atoms with Gasteiger partial charge in [0.2, 0.25) is 11.8 Å². The Balaban J connectivity index is 1.67. The quantitative estimate of drug-likeness (QED) is 0.322. The first-order chi connectivity index (χ1) is 19.9. The number of esters is 1. The number of nitrogens with one attached hydrogen (secondary N) is 2. The van der Waals surface area contributed by atoms with Crippen LogP contribution in [0.4, 0.5) is 15.8 Å². The fourth-order valence-corrected chi connectivity index (χ4v) is 7.01. The first kappa shape index (κ1) is 29.5. The summed E-state index contributed by atoms with van der Waals surface area (Å²) in [5.74, 6) is -3.72. The van der Waals surface area contributed by atoms with Crippen LogP contribution >= 0.6 is 11.6 Å². The minimum atomic E-state index is -1.27. The van der Waals surface area contributed by atoms with Crippen molar-refractivity contribution in [1.82, 2.24) is 4.98 Å². The molecule has 4 atom stereocenters. The van der Waals surface area contributed by atoms with E-state index in [2.05, 4.69) is 36.4 Å². The number of methoxy groups -OCH3 is 2. The number of anilines is 2. The van der Waals surface area contributed by atoms with E-state index in [1.165, 1.54) is 32.4 Å². The number of pyridine rings is 1. The Morgan fingerprint density at radius 2 is 1.95 bits per heavy atom. The molecule has 42 heavy (non-hydrogen) atoms. The predicted molar refractivity (Wildman–Crippen MR) is 157 cm³/mol. The molecule has 8 nitrogen and oxygen atoms in total. The van der Waals surface area contributed by atoms with Crippen LogP contribution in [-0.4, -0.2) is 37.0 Å². The third kappa shape index (κ3) is 4.89. The van der Waals surface area contributed by atoms with Crippen LogP contribution in [-0.2, 0) is 19.7 Å². The van der Waals surface area contributed by atoms with E-state index >= 15 is 4.39 Å². The van der Waals surface area contributed by atoms with E-state index in [1.54, 1.807) is 36.7 Å². The minimum Gasteiger partial charge on any atom is -0.495 e. The van der Waals surface area contributed by atoms with Gasteiger partial charge in [-0.25, -0.2) is 9.18 Å². The molecule has 2 aliphatic rings. The molecule has 0 saturated heterocycles. The fraction of sp³-hybridized carbons (Fsp3) is 0.375.